The molecule has 1 aliphatic rings. The molecule has 126 valence electrons. The maximum Gasteiger partial charge on any atom is 0.387 e. The molecular formula is C17H20F2O4. The van der Waals surface area contributed by atoms with Gasteiger partial charge >= 0.3 is 12.6 Å². The molecule has 1 aliphatic carbocycles. The SMILES string of the molecule is COc1cccc(/C=C/C(=O)OC2CCCCC2)c1OC(F)F. The van der Waals surface area contributed by atoms with Crippen molar-refractivity contribution in [3.05, 3.63) is 29.8 Å². The number of hydrogen-bond donors (Lipinski definition) is 0. The summed E-state index contributed by atoms with van der Waals surface area (Å²) >= 11 is 0. The monoisotopic (exact) mass is 326 g/mol. The number of carbonyl (C=O) groups is 1. The Balaban J connectivity index is 2.06. The first-order valence-corrected chi connectivity index (χ1v) is 7.60. The Hall–Kier alpha value is -2.11. The topological polar surface area (TPSA) is 44.8 Å². The van der Waals surface area contributed by atoms with Crippen molar-refractivity contribution in [2.24, 2.45) is 0 Å². The van der Waals surface area contributed by atoms with Crippen LogP contribution in [-0.4, -0.2) is 25.8 Å². The molecule has 0 bridgehead atoms. The Bertz CT molecular complexity index is 552. The maximum atomic E-state index is 12.5. The quantitative estimate of drug-likeness (QED) is 0.581. The summed E-state index contributed by atoms with van der Waals surface area (Å²) in [7, 11) is 1.36. The van der Waals surface area contributed by atoms with Crippen molar-refractivity contribution in [1.82, 2.24) is 0 Å². The highest BCUT2D eigenvalue weighted by Gasteiger charge is 2.17. The highest BCUT2D eigenvalue weighted by molar-refractivity contribution is 5.88. The van der Waals surface area contributed by atoms with Crippen LogP contribution in [0.15, 0.2) is 24.3 Å². The summed E-state index contributed by atoms with van der Waals surface area (Å²) in [4.78, 5) is 11.8. The van der Waals surface area contributed by atoms with Gasteiger partial charge in [-0.2, -0.15) is 8.78 Å². The number of hydrogen-bond acceptors (Lipinski definition) is 4. The van der Waals surface area contributed by atoms with Crippen molar-refractivity contribution in [2.75, 3.05) is 7.11 Å². The zero-order valence-electron chi connectivity index (χ0n) is 13.0. The molecule has 1 aromatic rings. The molecule has 0 aromatic heterocycles. The van der Waals surface area contributed by atoms with Gasteiger partial charge in [0.15, 0.2) is 11.5 Å². The molecule has 1 saturated carbocycles. The molecule has 0 radical (unpaired) electrons. The van der Waals surface area contributed by atoms with Gasteiger partial charge in [0.05, 0.1) is 7.11 Å². The van der Waals surface area contributed by atoms with E-state index >= 15 is 0 Å². The Kier molecular flexibility index (Phi) is 6.38. The third-order valence-electron chi connectivity index (χ3n) is 3.67. The number of methoxy groups -OCH3 is 1. The molecule has 1 fully saturated rings. The summed E-state index contributed by atoms with van der Waals surface area (Å²) in [5.41, 5.74) is 0.324. The van der Waals surface area contributed by atoms with Crippen LogP contribution in [0.4, 0.5) is 8.78 Å². The summed E-state index contributed by atoms with van der Waals surface area (Å²) in [6, 6.07) is 4.70. The van der Waals surface area contributed by atoms with Crippen LogP contribution in [0.2, 0.25) is 0 Å². The van der Waals surface area contributed by atoms with Gasteiger partial charge in [0.1, 0.15) is 6.10 Å². The van der Waals surface area contributed by atoms with Crippen molar-refractivity contribution in [3.8, 4) is 11.5 Å². The fourth-order valence-electron chi connectivity index (χ4n) is 2.58. The molecule has 0 unspecified atom stereocenters. The Morgan fingerprint density at radius 1 is 1.26 bits per heavy atom. The lowest BCUT2D eigenvalue weighted by atomic mass is 9.98. The summed E-state index contributed by atoms with van der Waals surface area (Å²) in [6.45, 7) is -2.98. The number of halogens is 2. The first-order chi connectivity index (χ1) is 11.1. The third-order valence-corrected chi connectivity index (χ3v) is 3.67. The highest BCUT2D eigenvalue weighted by Crippen LogP contribution is 2.33. The van der Waals surface area contributed by atoms with Crippen molar-refractivity contribution in [1.29, 1.82) is 0 Å². The lowest BCUT2D eigenvalue weighted by molar-refractivity contribution is -0.144. The van der Waals surface area contributed by atoms with Crippen LogP contribution in [0.5, 0.6) is 11.5 Å². The van der Waals surface area contributed by atoms with Crippen LogP contribution in [0, 0.1) is 0 Å². The van der Waals surface area contributed by atoms with Gasteiger partial charge in [-0.15, -0.1) is 0 Å². The van der Waals surface area contributed by atoms with E-state index in [1.807, 2.05) is 0 Å². The van der Waals surface area contributed by atoms with E-state index in [0.29, 0.717) is 5.56 Å². The highest BCUT2D eigenvalue weighted by atomic mass is 19.3. The van der Waals surface area contributed by atoms with Gasteiger partial charge in [0, 0.05) is 11.6 Å². The van der Waals surface area contributed by atoms with Crippen molar-refractivity contribution < 1.29 is 27.8 Å². The Morgan fingerprint density at radius 2 is 2.00 bits per heavy atom. The normalized spacial score (nSPS) is 15.8. The maximum absolute atomic E-state index is 12.5. The molecule has 6 heteroatoms. The van der Waals surface area contributed by atoms with Gasteiger partial charge in [-0.05, 0) is 37.8 Å². The second kappa shape index (κ2) is 8.50. The first kappa shape index (κ1) is 17.2. The van der Waals surface area contributed by atoms with E-state index in [-0.39, 0.29) is 17.6 Å². The van der Waals surface area contributed by atoms with E-state index in [0.717, 1.165) is 25.7 Å². The fourth-order valence-corrected chi connectivity index (χ4v) is 2.58. The van der Waals surface area contributed by atoms with Crippen molar-refractivity contribution in [2.45, 2.75) is 44.8 Å². The van der Waals surface area contributed by atoms with E-state index in [9.17, 15) is 13.6 Å². The second-order valence-electron chi connectivity index (χ2n) is 5.29. The van der Waals surface area contributed by atoms with E-state index in [1.54, 1.807) is 12.1 Å². The zero-order valence-corrected chi connectivity index (χ0v) is 13.0. The fraction of sp³-hybridized carbons (Fsp3) is 0.471. The zero-order chi connectivity index (χ0) is 16.7. The number of alkyl halides is 2. The first-order valence-electron chi connectivity index (χ1n) is 7.60. The van der Waals surface area contributed by atoms with E-state index in [4.69, 9.17) is 9.47 Å². The summed E-state index contributed by atoms with van der Waals surface area (Å²) in [6.07, 6.45) is 7.60. The third kappa shape index (κ3) is 5.23. The summed E-state index contributed by atoms with van der Waals surface area (Å²) in [5, 5.41) is 0. The van der Waals surface area contributed by atoms with Crippen molar-refractivity contribution in [3.63, 3.8) is 0 Å². The van der Waals surface area contributed by atoms with E-state index in [2.05, 4.69) is 4.74 Å². The summed E-state index contributed by atoms with van der Waals surface area (Å²) in [5.74, 6) is -0.414. The number of rotatable bonds is 6. The largest absolute Gasteiger partial charge is 0.493 e. The molecule has 0 N–H and O–H groups in total. The van der Waals surface area contributed by atoms with Crippen LogP contribution in [0.1, 0.15) is 37.7 Å². The van der Waals surface area contributed by atoms with Gasteiger partial charge in [-0.25, -0.2) is 4.79 Å². The average Bonchev–Trinajstić information content (AvgIpc) is 2.54. The minimum absolute atomic E-state index is 0.0528. The van der Waals surface area contributed by atoms with Gasteiger partial charge in [0.25, 0.3) is 0 Å². The number of para-hydroxylation sites is 1. The molecule has 23 heavy (non-hydrogen) atoms. The standard InChI is InChI=1S/C17H20F2O4/c1-21-14-9-5-6-12(16(14)23-17(18)19)10-11-15(20)22-13-7-3-2-4-8-13/h5-6,9-11,13,17H,2-4,7-8H2,1H3/b11-10+. The summed E-state index contributed by atoms with van der Waals surface area (Å²) < 4.78 is 39.9. The molecule has 0 saturated heterocycles. The number of benzene rings is 1. The lowest BCUT2D eigenvalue weighted by Gasteiger charge is -2.20. The molecule has 0 aliphatic heterocycles. The van der Waals surface area contributed by atoms with Crippen LogP contribution in [-0.2, 0) is 9.53 Å². The van der Waals surface area contributed by atoms with E-state index in [1.165, 1.54) is 31.7 Å². The molecule has 0 heterocycles. The Labute approximate surface area is 134 Å². The molecule has 2 rings (SSSR count). The van der Waals surface area contributed by atoms with Crippen LogP contribution >= 0.6 is 0 Å². The number of carbonyl (C=O) groups excluding carboxylic acids is 1. The van der Waals surface area contributed by atoms with Gasteiger partial charge in [0.2, 0.25) is 0 Å². The van der Waals surface area contributed by atoms with Crippen LogP contribution in [0.3, 0.4) is 0 Å². The lowest BCUT2D eigenvalue weighted by Crippen LogP contribution is -2.19. The molecular weight excluding hydrogens is 306 g/mol. The van der Waals surface area contributed by atoms with Gasteiger partial charge in [-0.3, -0.25) is 0 Å². The predicted molar refractivity (Wildman–Crippen MR) is 81.6 cm³/mol. The van der Waals surface area contributed by atoms with Crippen LogP contribution < -0.4 is 9.47 Å². The number of ether oxygens (including phenoxy) is 3. The number of esters is 1. The second-order valence-corrected chi connectivity index (χ2v) is 5.29. The van der Waals surface area contributed by atoms with Gasteiger partial charge in [-0.1, -0.05) is 18.6 Å². The molecule has 1 aromatic carbocycles. The minimum Gasteiger partial charge on any atom is -0.493 e. The van der Waals surface area contributed by atoms with Crippen molar-refractivity contribution >= 4 is 12.0 Å². The molecule has 0 amide bonds. The van der Waals surface area contributed by atoms with Gasteiger partial charge < -0.3 is 14.2 Å². The Morgan fingerprint density at radius 3 is 2.65 bits per heavy atom. The predicted octanol–water partition coefficient (Wildman–Crippen LogP) is 4.19. The molecule has 0 spiro atoms. The molecule has 4 nitrogen and oxygen atoms in total. The minimum atomic E-state index is -2.98. The molecule has 0 atom stereocenters. The van der Waals surface area contributed by atoms with Crippen LogP contribution in [0.25, 0.3) is 6.08 Å². The van der Waals surface area contributed by atoms with E-state index < -0.39 is 12.6 Å². The average molecular weight is 326 g/mol. The smallest absolute Gasteiger partial charge is 0.387 e.